The Labute approximate surface area is 238 Å². The van der Waals surface area contributed by atoms with Crippen molar-refractivity contribution in [1.29, 1.82) is 0 Å². The van der Waals surface area contributed by atoms with E-state index < -0.39 is 0 Å². The van der Waals surface area contributed by atoms with Crippen LogP contribution < -0.4 is 9.47 Å². The highest BCUT2D eigenvalue weighted by atomic mass is 16.5. The van der Waals surface area contributed by atoms with Crippen LogP contribution in [0.3, 0.4) is 0 Å². The Morgan fingerprint density at radius 1 is 0.421 bits per heavy atom. The maximum absolute atomic E-state index is 6.06. The molecule has 0 unspecified atom stereocenters. The third-order valence-corrected chi connectivity index (χ3v) is 7.99. The normalized spacial score (nSPS) is 12.2. The van der Waals surface area contributed by atoms with E-state index >= 15 is 0 Å². The van der Waals surface area contributed by atoms with Gasteiger partial charge >= 0.3 is 0 Å². The van der Waals surface area contributed by atoms with E-state index in [1.165, 1.54) is 116 Å². The van der Waals surface area contributed by atoms with Crippen LogP contribution in [0.4, 0.5) is 0 Å². The summed E-state index contributed by atoms with van der Waals surface area (Å²) in [6, 6.07) is 8.20. The highest BCUT2D eigenvalue weighted by molar-refractivity contribution is 5.31. The fraction of sp³-hybridized carbons (Fsp3) is 0.824. The lowest BCUT2D eigenvalue weighted by molar-refractivity contribution is -0.890. The molecule has 0 aliphatic carbocycles. The van der Waals surface area contributed by atoms with E-state index in [0.717, 1.165) is 46.8 Å². The molecule has 0 bridgehead atoms. The third-order valence-electron chi connectivity index (χ3n) is 7.99. The van der Waals surface area contributed by atoms with Gasteiger partial charge in [0.1, 0.15) is 37.8 Å². The monoisotopic (exact) mass is 535 g/mol. The summed E-state index contributed by atoms with van der Waals surface area (Å²) in [5.41, 5.74) is 0. The first kappa shape index (κ1) is 34.8. The van der Waals surface area contributed by atoms with Crippen LogP contribution in [0.25, 0.3) is 0 Å². The number of unbranched alkanes of at least 4 members (excludes halogenated alkanes) is 14. The Morgan fingerprint density at radius 2 is 0.711 bits per heavy atom. The first-order valence-electron chi connectivity index (χ1n) is 16.3. The van der Waals surface area contributed by atoms with Gasteiger partial charge in [0.15, 0.2) is 0 Å². The fourth-order valence-corrected chi connectivity index (χ4v) is 5.02. The molecule has 0 saturated carbocycles. The highest BCUT2D eigenvalue weighted by Gasteiger charge is 2.16. The largest absolute Gasteiger partial charge is 0.488 e. The van der Waals surface area contributed by atoms with Crippen molar-refractivity contribution in [3.63, 3.8) is 0 Å². The second-order valence-corrected chi connectivity index (χ2v) is 12.9. The molecule has 1 aromatic rings. The third kappa shape index (κ3) is 19.8. The van der Waals surface area contributed by atoms with E-state index in [9.17, 15) is 0 Å². The van der Waals surface area contributed by atoms with Gasteiger partial charge in [-0.1, -0.05) is 90.9 Å². The number of nitrogens with zero attached hydrogens (tertiary/aromatic N) is 2. The van der Waals surface area contributed by atoms with Crippen LogP contribution in [0.5, 0.6) is 11.5 Å². The minimum absolute atomic E-state index is 0.759. The smallest absolute Gasteiger partial charge is 0.137 e. The molecule has 0 heterocycles. The lowest BCUT2D eigenvalue weighted by atomic mass is 10.1. The quantitative estimate of drug-likeness (QED) is 0.0872. The zero-order valence-corrected chi connectivity index (χ0v) is 26.6. The molecule has 0 aromatic heterocycles. The summed E-state index contributed by atoms with van der Waals surface area (Å²) in [7, 11) is 9.32. The summed E-state index contributed by atoms with van der Waals surface area (Å²) in [5, 5.41) is 0. The summed E-state index contributed by atoms with van der Waals surface area (Å²) in [4.78, 5) is 0. The van der Waals surface area contributed by atoms with Crippen LogP contribution in [0.15, 0.2) is 24.3 Å². The lowest BCUT2D eigenvalue weighted by Crippen LogP contribution is -2.43. The Kier molecular flexibility index (Phi) is 19.7. The number of quaternary nitrogens is 2. The topological polar surface area (TPSA) is 18.5 Å². The molecule has 222 valence electrons. The second kappa shape index (κ2) is 21.5. The Hall–Kier alpha value is -1.26. The first-order valence-corrected chi connectivity index (χ1v) is 16.3. The highest BCUT2D eigenvalue weighted by Crippen LogP contribution is 2.18. The van der Waals surface area contributed by atoms with Crippen LogP contribution in [-0.4, -0.2) is 76.5 Å². The van der Waals surface area contributed by atoms with Gasteiger partial charge in [0.2, 0.25) is 0 Å². The van der Waals surface area contributed by atoms with Crippen LogP contribution in [0.1, 0.15) is 117 Å². The van der Waals surface area contributed by atoms with Crippen LogP contribution >= 0.6 is 0 Å². The van der Waals surface area contributed by atoms with Gasteiger partial charge in [-0.25, -0.2) is 0 Å². The number of hydrogen-bond acceptors (Lipinski definition) is 2. The van der Waals surface area contributed by atoms with Gasteiger partial charge in [0, 0.05) is 0 Å². The Morgan fingerprint density at radius 3 is 1.03 bits per heavy atom. The van der Waals surface area contributed by atoms with Crippen molar-refractivity contribution < 1.29 is 18.4 Å². The molecular formula is C34H66N2O2+2. The molecule has 0 spiro atoms. The number of hydrogen-bond donors (Lipinski definition) is 0. The van der Waals surface area contributed by atoms with Crippen molar-refractivity contribution in [3.8, 4) is 11.5 Å². The molecule has 4 nitrogen and oxygen atoms in total. The van der Waals surface area contributed by atoms with Crippen molar-refractivity contribution in [1.82, 2.24) is 0 Å². The molecule has 0 aliphatic heterocycles. The van der Waals surface area contributed by atoms with Crippen molar-refractivity contribution in [2.45, 2.75) is 117 Å². The fourth-order valence-electron chi connectivity index (χ4n) is 5.02. The number of likely N-dealkylation sites (N-methyl/N-ethyl adjacent to an activating group) is 2. The first-order chi connectivity index (χ1) is 18.3. The Bertz CT molecular complexity index is 600. The summed E-state index contributed by atoms with van der Waals surface area (Å²) in [6.45, 7) is 10.6. The van der Waals surface area contributed by atoms with Crippen molar-refractivity contribution in [3.05, 3.63) is 24.3 Å². The van der Waals surface area contributed by atoms with Crippen molar-refractivity contribution in [2.75, 3.05) is 67.6 Å². The molecule has 4 heteroatoms. The number of benzene rings is 1. The van der Waals surface area contributed by atoms with Gasteiger partial charge < -0.3 is 18.4 Å². The summed E-state index contributed by atoms with van der Waals surface area (Å²) in [6.07, 6.45) is 22.1. The zero-order chi connectivity index (χ0) is 28.0. The summed E-state index contributed by atoms with van der Waals surface area (Å²) < 4.78 is 14.2. The maximum Gasteiger partial charge on any atom is 0.137 e. The van der Waals surface area contributed by atoms with Crippen molar-refractivity contribution >= 4 is 0 Å². The molecule has 1 rings (SSSR count). The molecular weight excluding hydrogens is 468 g/mol. The number of ether oxygens (including phenoxy) is 2. The van der Waals surface area contributed by atoms with E-state index in [0.29, 0.717) is 0 Å². The molecule has 0 fully saturated rings. The van der Waals surface area contributed by atoms with E-state index in [4.69, 9.17) is 9.47 Å². The molecule has 38 heavy (non-hydrogen) atoms. The van der Waals surface area contributed by atoms with E-state index in [-0.39, 0.29) is 0 Å². The zero-order valence-electron chi connectivity index (χ0n) is 26.6. The summed E-state index contributed by atoms with van der Waals surface area (Å²) >= 11 is 0. The van der Waals surface area contributed by atoms with E-state index in [2.05, 4.69) is 42.0 Å². The Balaban J connectivity index is 2.13. The van der Waals surface area contributed by atoms with Crippen LogP contribution in [0, 0.1) is 0 Å². The second-order valence-electron chi connectivity index (χ2n) is 12.9. The number of rotatable bonds is 26. The van der Waals surface area contributed by atoms with Gasteiger partial charge in [-0.2, -0.15) is 0 Å². The van der Waals surface area contributed by atoms with Gasteiger partial charge in [0.05, 0.1) is 41.3 Å². The van der Waals surface area contributed by atoms with E-state index in [1.807, 2.05) is 24.3 Å². The molecule has 0 N–H and O–H groups in total. The SMILES string of the molecule is CCCCCCCCCC[N+](C)(C)CCOc1ccc(OCC[N+](C)(C)CCCCCCCCCC)cc1. The summed E-state index contributed by atoms with van der Waals surface area (Å²) in [5.74, 6) is 1.88. The van der Waals surface area contributed by atoms with Gasteiger partial charge in [-0.05, 0) is 49.9 Å². The average molecular weight is 535 g/mol. The maximum atomic E-state index is 6.06. The molecule has 0 amide bonds. The minimum atomic E-state index is 0.759. The molecule has 1 aromatic carbocycles. The van der Waals surface area contributed by atoms with E-state index in [1.54, 1.807) is 0 Å². The molecule has 0 aliphatic rings. The standard InChI is InChI=1S/C34H66N2O2/c1-7-9-11-13-15-17-19-21-27-35(3,4)29-31-37-33-23-25-34(26-24-33)38-32-30-36(5,6)28-22-20-18-16-14-12-10-8-2/h23-26H,7-22,27-32H2,1-6H3/q+2. The van der Waals surface area contributed by atoms with Crippen LogP contribution in [-0.2, 0) is 0 Å². The lowest BCUT2D eigenvalue weighted by Gasteiger charge is -2.30. The predicted molar refractivity (Wildman–Crippen MR) is 166 cm³/mol. The molecule has 0 atom stereocenters. The van der Waals surface area contributed by atoms with Gasteiger partial charge in [-0.3, -0.25) is 0 Å². The molecule has 0 radical (unpaired) electrons. The van der Waals surface area contributed by atoms with Gasteiger partial charge in [0.25, 0.3) is 0 Å². The molecule has 0 saturated heterocycles. The van der Waals surface area contributed by atoms with Crippen molar-refractivity contribution in [2.24, 2.45) is 0 Å². The van der Waals surface area contributed by atoms with Gasteiger partial charge in [-0.15, -0.1) is 0 Å². The predicted octanol–water partition coefficient (Wildman–Crippen LogP) is 8.88. The minimum Gasteiger partial charge on any atom is -0.488 e. The average Bonchev–Trinajstić information content (AvgIpc) is 2.88. The van der Waals surface area contributed by atoms with Crippen LogP contribution in [0.2, 0.25) is 0 Å².